The summed E-state index contributed by atoms with van der Waals surface area (Å²) in [5.74, 6) is -17.0. The van der Waals surface area contributed by atoms with Gasteiger partial charge in [-0.15, -0.1) is 0 Å². The van der Waals surface area contributed by atoms with E-state index < -0.39 is 87.5 Å². The van der Waals surface area contributed by atoms with Gasteiger partial charge < -0.3 is 66.6 Å². The first kappa shape index (κ1) is 29.6. The summed E-state index contributed by atoms with van der Waals surface area (Å²) in [5, 5.41) is 126. The van der Waals surface area contributed by atoms with Crippen LogP contribution in [0.5, 0.6) is 40.2 Å². The molecule has 16 heteroatoms. The third-order valence-corrected chi connectivity index (χ3v) is 7.22. The first-order valence-corrected chi connectivity index (χ1v) is 12.0. The predicted molar refractivity (Wildman–Crippen MR) is 139 cm³/mol. The smallest absolute Gasteiger partial charge is 0.343 e. The molecule has 2 unspecified atom stereocenters. The van der Waals surface area contributed by atoms with Crippen LogP contribution in [0.1, 0.15) is 40.2 Å². The van der Waals surface area contributed by atoms with Crippen LogP contribution in [0.25, 0.3) is 11.1 Å². The van der Waals surface area contributed by atoms with Crippen LogP contribution in [0.15, 0.2) is 24.3 Å². The van der Waals surface area contributed by atoms with Gasteiger partial charge in [0.05, 0.1) is 23.0 Å². The first-order chi connectivity index (χ1) is 18.9. The number of hydrogen-bond acceptors (Lipinski definition) is 14. The van der Waals surface area contributed by atoms with Crippen molar-refractivity contribution in [3.05, 3.63) is 46.0 Å². The summed E-state index contributed by atoms with van der Waals surface area (Å²) in [6.07, 6.45) is 0. The lowest BCUT2D eigenvalue weighted by Gasteiger charge is -2.46. The van der Waals surface area contributed by atoms with Gasteiger partial charge in [-0.3, -0.25) is 5.32 Å². The molecule has 0 amide bonds. The van der Waals surface area contributed by atoms with Gasteiger partial charge in [0, 0.05) is 11.3 Å². The fourth-order valence-electron chi connectivity index (χ4n) is 4.91. The summed E-state index contributed by atoms with van der Waals surface area (Å²) in [7, 11) is 0. The highest BCUT2D eigenvalue weighted by Gasteiger charge is 2.53. The molecule has 0 radical (unpaired) electrons. The molecule has 15 nitrogen and oxygen atoms in total. The van der Waals surface area contributed by atoms with Gasteiger partial charge in [-0.2, -0.15) is 0 Å². The number of phenols is 7. The minimum atomic E-state index is -2.92. The normalized spacial score (nSPS) is 16.6. The second-order valence-electron chi connectivity index (χ2n) is 9.51. The third-order valence-electron chi connectivity index (χ3n) is 6.84. The molecule has 3 aromatic carbocycles. The molecule has 0 heterocycles. The molecule has 14 N–H and O–H groups in total. The van der Waals surface area contributed by atoms with Gasteiger partial charge in [-0.25, -0.2) is 4.79 Å². The zero-order valence-electron chi connectivity index (χ0n) is 20.8. The summed E-state index contributed by atoms with van der Waals surface area (Å²) in [6, 6.07) is 4.92. The van der Waals surface area contributed by atoms with Crippen molar-refractivity contribution in [1.82, 2.24) is 5.32 Å². The molecule has 4 rings (SSSR count). The Bertz CT molecular complexity index is 1570. The van der Waals surface area contributed by atoms with Crippen molar-refractivity contribution in [2.24, 2.45) is 0 Å². The summed E-state index contributed by atoms with van der Waals surface area (Å²) in [5.41, 5.74) is -2.00. The number of phenolic OH excluding ortho intramolecular Hbond substituents is 5. The van der Waals surface area contributed by atoms with E-state index >= 15 is 0 Å². The van der Waals surface area contributed by atoms with Crippen molar-refractivity contribution in [3.8, 4) is 51.4 Å². The maximum Gasteiger partial charge on any atom is 0.343 e. The molecule has 3 aromatic rings. The summed E-state index contributed by atoms with van der Waals surface area (Å²) >= 11 is 6.00. The van der Waals surface area contributed by atoms with E-state index in [0.29, 0.717) is 0 Å². The Morgan fingerprint density at radius 2 is 1.46 bits per heavy atom. The number of aromatic carboxylic acids is 1. The number of aromatic hydroxyl groups is 7. The van der Waals surface area contributed by atoms with Gasteiger partial charge in [-0.1, -0.05) is 30.7 Å². The van der Waals surface area contributed by atoms with E-state index in [1.165, 1.54) is 25.1 Å². The Morgan fingerprint density at radius 1 is 0.854 bits per heavy atom. The molecule has 0 aliphatic heterocycles. The number of fused-ring (bicyclic) bond motifs is 1. The Balaban J connectivity index is 1.57. The van der Waals surface area contributed by atoms with Crippen molar-refractivity contribution >= 4 is 23.3 Å². The number of carbonyl (C=O) groups is 1. The molecule has 0 saturated carbocycles. The van der Waals surface area contributed by atoms with E-state index in [1.807, 2.05) is 0 Å². The molecule has 0 fully saturated rings. The van der Waals surface area contributed by atoms with Crippen LogP contribution >= 0.6 is 11.6 Å². The van der Waals surface area contributed by atoms with Crippen LogP contribution in [-0.2, 0) is 0 Å². The van der Waals surface area contributed by atoms with Gasteiger partial charge >= 0.3 is 5.97 Å². The monoisotopic (exact) mass is 596 g/mol. The van der Waals surface area contributed by atoms with E-state index in [4.69, 9.17) is 11.6 Å². The van der Waals surface area contributed by atoms with Crippen LogP contribution in [0.4, 0.5) is 5.69 Å². The van der Waals surface area contributed by atoms with E-state index in [1.54, 1.807) is 0 Å². The maximum absolute atomic E-state index is 11.4. The molecule has 41 heavy (non-hydrogen) atoms. The Kier molecular flexibility index (Phi) is 7.16. The molecule has 0 spiro atoms. The molecule has 1 aliphatic rings. The number of anilines is 1. The first-order valence-electron chi connectivity index (χ1n) is 11.6. The lowest BCUT2D eigenvalue weighted by atomic mass is 9.66. The lowest BCUT2D eigenvalue weighted by molar-refractivity contribution is -0.230. The number of nitrogens with one attached hydrogen (secondary N) is 2. The average Bonchev–Trinajstić information content (AvgIpc) is 2.87. The number of halogens is 1. The SMILES string of the molecule is CC1c2c(Cl)c(O)c(O)c(O)c2C1C(O)(O)NCC(O)(O)Nc1cccc(-c2c(O)c(O)c(O)c(C(=O)O)c2O)c1. The van der Waals surface area contributed by atoms with Gasteiger partial charge in [0.25, 0.3) is 5.91 Å². The summed E-state index contributed by atoms with van der Waals surface area (Å²) in [6.45, 7) is 0.495. The maximum atomic E-state index is 11.4. The number of benzene rings is 3. The zero-order chi connectivity index (χ0) is 30.8. The summed E-state index contributed by atoms with van der Waals surface area (Å²) < 4.78 is 0. The van der Waals surface area contributed by atoms with Crippen LogP contribution in [0, 0.1) is 0 Å². The number of rotatable bonds is 8. The topological polar surface area (TPSA) is 284 Å². The van der Waals surface area contributed by atoms with Crippen LogP contribution < -0.4 is 10.6 Å². The highest BCUT2D eigenvalue weighted by molar-refractivity contribution is 6.33. The van der Waals surface area contributed by atoms with Gasteiger partial charge in [0.2, 0.25) is 17.4 Å². The minimum Gasteiger partial charge on any atom is -0.506 e. The van der Waals surface area contributed by atoms with Crippen molar-refractivity contribution in [2.75, 3.05) is 11.9 Å². The van der Waals surface area contributed by atoms with E-state index in [0.717, 1.165) is 6.07 Å². The molecule has 0 bridgehead atoms. The van der Waals surface area contributed by atoms with E-state index in [9.17, 15) is 66.1 Å². The van der Waals surface area contributed by atoms with Crippen LogP contribution in [0.3, 0.4) is 0 Å². The van der Waals surface area contributed by atoms with Crippen molar-refractivity contribution in [1.29, 1.82) is 0 Å². The number of carboxylic acid groups (broad SMARTS) is 1. The Labute approximate surface area is 234 Å². The standard InChI is InChI=1S/C25H25ClN2O13/c1-7-10-12(18(31)22(35)20(33)15(10)26)14(7)25(40,41)27-6-24(38,39)28-9-4-2-3-8(5-9)11-16(29)13(23(36)37)19(32)21(34)17(11)30/h2-5,7,14,27-35,38-41H,6H2,1H3,(H,36,37). The average molecular weight is 597 g/mol. The molecule has 0 saturated heterocycles. The minimum absolute atomic E-state index is 0.119. The molecule has 1 aliphatic carbocycles. The van der Waals surface area contributed by atoms with E-state index in [-0.39, 0.29) is 27.4 Å². The number of aliphatic hydroxyl groups is 4. The molecule has 220 valence electrons. The highest BCUT2D eigenvalue weighted by atomic mass is 35.5. The summed E-state index contributed by atoms with van der Waals surface area (Å²) in [4.78, 5) is 11.4. The predicted octanol–water partition coefficient (Wildman–Crippen LogP) is 0.824. The van der Waals surface area contributed by atoms with Crippen LogP contribution in [-0.4, -0.2) is 85.6 Å². The van der Waals surface area contributed by atoms with Gasteiger partial charge in [0.1, 0.15) is 11.3 Å². The Hall–Kier alpha value is -4.38. The van der Waals surface area contributed by atoms with Crippen molar-refractivity contribution in [2.45, 2.75) is 30.6 Å². The zero-order valence-corrected chi connectivity index (χ0v) is 21.6. The van der Waals surface area contributed by atoms with Gasteiger partial charge in [-0.05, 0) is 29.2 Å². The highest BCUT2D eigenvalue weighted by Crippen LogP contribution is 2.62. The second-order valence-corrected chi connectivity index (χ2v) is 9.88. The Morgan fingerprint density at radius 3 is 2.07 bits per heavy atom. The van der Waals surface area contributed by atoms with Gasteiger partial charge in [0.15, 0.2) is 23.0 Å². The molecule has 0 aromatic heterocycles. The van der Waals surface area contributed by atoms with Crippen molar-refractivity contribution in [3.63, 3.8) is 0 Å². The van der Waals surface area contributed by atoms with Crippen molar-refractivity contribution < 1.29 is 66.1 Å². The fraction of sp³-hybridized carbons (Fsp3) is 0.240. The molecule has 2 atom stereocenters. The van der Waals surface area contributed by atoms with Crippen LogP contribution in [0.2, 0.25) is 5.02 Å². The second kappa shape index (κ2) is 9.91. The number of hydrogen-bond donors (Lipinski definition) is 14. The fourth-order valence-corrected chi connectivity index (χ4v) is 5.28. The lowest BCUT2D eigenvalue weighted by Crippen LogP contribution is -2.60. The van der Waals surface area contributed by atoms with E-state index in [2.05, 4.69) is 10.6 Å². The molecular formula is C25H25ClN2O13. The third kappa shape index (κ3) is 4.80. The largest absolute Gasteiger partial charge is 0.506 e. The quantitative estimate of drug-likeness (QED) is 0.0973. The number of carboxylic acids is 1. The molecular weight excluding hydrogens is 572 g/mol.